The fourth-order valence-electron chi connectivity index (χ4n) is 22.7. The van der Waals surface area contributed by atoms with E-state index in [1.807, 2.05) is 178 Å². The van der Waals surface area contributed by atoms with Crippen LogP contribution in [0.1, 0.15) is 103 Å². The fraction of sp³-hybridized carbons (Fsp3) is 0.352. The minimum atomic E-state index is -0.651. The molecule has 133 heavy (non-hydrogen) atoms. The molecule has 24 rings (SSSR count). The summed E-state index contributed by atoms with van der Waals surface area (Å²) in [6, 6.07) is 56.2. The van der Waals surface area contributed by atoms with Crippen LogP contribution >= 0.6 is 11.8 Å². The number of aromatic nitrogens is 10. The van der Waals surface area contributed by atoms with Crippen molar-refractivity contribution >= 4 is 64.1 Å². The first kappa shape index (κ1) is 87.0. The first-order valence-corrected chi connectivity index (χ1v) is 47.5. The third-order valence-electron chi connectivity index (χ3n) is 29.9. The molecule has 0 N–H and O–H groups in total. The van der Waals surface area contributed by atoms with Gasteiger partial charge >= 0.3 is 0 Å². The number of carbonyl (C=O) groups excluding carboxylic acids is 4. The maximum atomic E-state index is 15.2. The number of piperidine rings is 1. The molecule has 5 aromatic heterocycles. The predicted molar refractivity (Wildman–Crippen MR) is 508 cm³/mol. The molecule has 1 aliphatic carbocycles. The number of halogens is 4. The number of rotatable bonds is 16. The molecule has 5 atom stereocenters. The molecule has 0 radical (unpaired) electrons. The standard InChI is InChI=1S/C27H30FN5O.C27H29FN4O.C26H27FN4OS.C25H21FN6O/c1-30-11-5-6-22(16-30)32-17-27(18-32)23-7-3-4-8-25(23)33(26(27)34)15-20-10-9-19(12-24(20)28)21-13-29-31(2)14-21;1-18-6-5-9-24(18)32-13-12-27(32)22-7-3-4-8-25(22)31(26(27)33)17-20-11-10-19(14-23(20)28)21-15-29-30(2)16-21;1-29-13-20(12-28-29)18-8-9-19(23(27)11-18)14-31-24-7-3-2-6-22(24)26(25(31)32)16-30(17-26)21-5-4-10-33-15-21;1-30-13-19(12-29-30)17-7-8-18(21(26)11-17)14-32-22-6-3-2-5-20(22)25(23(32)33)15-31(16-25)24-27-9-4-10-28-24/h3-4,7-10,12-14,22H,5-6,11,15-18H2,1-2H3;3-4,7-8,10-11,14-16,18,24H,5-6,9,12-13,17H2,1-2H3;2-3,6-9,11-13,21H,4-5,10,14-17H2,1H3;2-13H,14-16H2,1H3. The first-order chi connectivity index (χ1) is 64.5. The van der Waals surface area contributed by atoms with Gasteiger partial charge in [-0.15, -0.1) is 0 Å². The van der Waals surface area contributed by atoms with Crippen molar-refractivity contribution < 1.29 is 36.7 Å². The van der Waals surface area contributed by atoms with Crippen LogP contribution in [0.3, 0.4) is 0 Å². The maximum Gasteiger partial charge on any atom is 0.252 e. The number of amides is 4. The zero-order valence-corrected chi connectivity index (χ0v) is 76.5. The highest BCUT2D eigenvalue weighted by Gasteiger charge is 2.64. The lowest BCUT2D eigenvalue weighted by molar-refractivity contribution is -0.145. The number of likely N-dealkylation sites (tertiary alicyclic amines) is 4. The molecule has 0 bridgehead atoms. The lowest BCUT2D eigenvalue weighted by Crippen LogP contribution is -2.67. The lowest BCUT2D eigenvalue weighted by atomic mass is 9.73. The van der Waals surface area contributed by atoms with E-state index in [1.165, 1.54) is 50.3 Å². The van der Waals surface area contributed by atoms with E-state index in [-0.39, 0.29) is 73.1 Å². The Kier molecular flexibility index (Phi) is 22.9. The van der Waals surface area contributed by atoms with Crippen LogP contribution in [0.2, 0.25) is 0 Å². The fourth-order valence-corrected chi connectivity index (χ4v) is 23.9. The molecule has 1 saturated carbocycles. The zero-order chi connectivity index (χ0) is 91.3. The molecule has 680 valence electrons. The normalized spacial score (nSPS) is 21.8. The van der Waals surface area contributed by atoms with Gasteiger partial charge in [-0.1, -0.05) is 135 Å². The predicted octanol–water partition coefficient (Wildman–Crippen LogP) is 15.8. The summed E-state index contributed by atoms with van der Waals surface area (Å²) in [5.74, 6) is 2.70. The van der Waals surface area contributed by atoms with E-state index in [4.69, 9.17) is 0 Å². The number of fused-ring (bicyclic) bond motifs is 8. The summed E-state index contributed by atoms with van der Waals surface area (Å²) in [6.45, 7) is 10.4. The van der Waals surface area contributed by atoms with Gasteiger partial charge in [-0.3, -0.25) is 52.6 Å². The Morgan fingerprint density at radius 3 is 1.12 bits per heavy atom. The number of thioether (sulfide) groups is 1. The Morgan fingerprint density at radius 2 is 0.767 bits per heavy atom. The first-order valence-electron chi connectivity index (χ1n) is 46.3. The molecule has 7 fully saturated rings. The van der Waals surface area contributed by atoms with Crippen LogP contribution < -0.4 is 24.5 Å². The molecule has 23 nitrogen and oxygen atoms in total. The van der Waals surface area contributed by atoms with Crippen molar-refractivity contribution in [1.29, 1.82) is 0 Å². The van der Waals surface area contributed by atoms with Gasteiger partial charge in [0, 0.05) is 214 Å². The van der Waals surface area contributed by atoms with Crippen molar-refractivity contribution in [3.8, 4) is 44.5 Å². The Bertz CT molecular complexity index is 6630. The van der Waals surface area contributed by atoms with Crippen molar-refractivity contribution in [3.05, 3.63) is 306 Å². The van der Waals surface area contributed by atoms with E-state index >= 15 is 17.6 Å². The van der Waals surface area contributed by atoms with E-state index in [2.05, 4.69) is 82.1 Å². The van der Waals surface area contributed by atoms with Crippen LogP contribution in [0.15, 0.2) is 238 Å². The molecule has 15 heterocycles. The summed E-state index contributed by atoms with van der Waals surface area (Å²) in [5.41, 5.74) is 14.3. The van der Waals surface area contributed by atoms with Crippen molar-refractivity contribution in [1.82, 2.24) is 68.7 Å². The molecule has 6 saturated heterocycles. The van der Waals surface area contributed by atoms with Crippen molar-refractivity contribution in [2.45, 2.75) is 124 Å². The Morgan fingerprint density at radius 1 is 0.391 bits per heavy atom. The highest BCUT2D eigenvalue weighted by molar-refractivity contribution is 7.99. The van der Waals surface area contributed by atoms with Gasteiger partial charge in [-0.05, 0) is 164 Å². The van der Waals surface area contributed by atoms with Crippen molar-refractivity contribution in [3.63, 3.8) is 0 Å². The van der Waals surface area contributed by atoms with Crippen LogP contribution in [0, 0.1) is 29.2 Å². The number of anilines is 5. The summed E-state index contributed by atoms with van der Waals surface area (Å²) < 4.78 is 67.3. The molecular formula is C105H107F4N19O4S. The van der Waals surface area contributed by atoms with Crippen LogP contribution in [-0.4, -0.2) is 188 Å². The second-order valence-electron chi connectivity index (χ2n) is 38.1. The smallest absolute Gasteiger partial charge is 0.252 e. The molecule has 10 aliphatic heterocycles. The number of carbonyl (C=O) groups is 4. The SMILES string of the molecule is CC1CCCC1N1CCC12C(=O)N(Cc1ccc(-c3cnn(C)c3)cc1F)c1ccccc12.CN1CCCC(N2CC3(C2)C(=O)N(Cc2ccc(-c4cnn(C)c4)cc2F)c2ccccc23)C1.Cn1cc(-c2ccc(CN3C(=O)C4(CN(C5CCCSC5)C4)c4ccccc43)c(F)c2)cn1.Cn1cc(-c2ccc(CN3C(=O)C4(CN(c5ncccn5)C4)c4ccccc43)c(F)c2)cn1. The highest BCUT2D eigenvalue weighted by Crippen LogP contribution is 2.57. The van der Waals surface area contributed by atoms with Crippen molar-refractivity contribution in [2.24, 2.45) is 34.1 Å². The second kappa shape index (κ2) is 35.0. The summed E-state index contributed by atoms with van der Waals surface area (Å²) in [5, 5.41) is 16.7. The van der Waals surface area contributed by atoms with E-state index in [0.717, 1.165) is 154 Å². The molecule has 4 amide bonds. The number of para-hydroxylation sites is 4. The van der Waals surface area contributed by atoms with E-state index in [0.29, 0.717) is 65.3 Å². The zero-order valence-electron chi connectivity index (χ0n) is 75.6. The van der Waals surface area contributed by atoms with Gasteiger partial charge in [0.05, 0.1) is 51.0 Å². The molecule has 4 spiro atoms. The molecule has 8 aromatic carbocycles. The van der Waals surface area contributed by atoms with E-state index in [9.17, 15) is 19.2 Å². The topological polar surface area (TPSA) is 194 Å². The maximum absolute atomic E-state index is 15.2. The summed E-state index contributed by atoms with van der Waals surface area (Å²) >= 11 is 2.02. The Hall–Kier alpha value is -12.7. The van der Waals surface area contributed by atoms with Gasteiger partial charge in [0.15, 0.2) is 0 Å². The third kappa shape index (κ3) is 15.5. The number of hydrogen-bond acceptors (Lipinski definition) is 16. The molecule has 13 aromatic rings. The van der Waals surface area contributed by atoms with Gasteiger partial charge in [0.25, 0.3) is 5.91 Å². The molecule has 28 heteroatoms. The van der Waals surface area contributed by atoms with Gasteiger partial charge < -0.3 is 29.4 Å². The highest BCUT2D eigenvalue weighted by atomic mass is 32.2. The van der Waals surface area contributed by atoms with E-state index in [1.54, 1.807) is 119 Å². The monoisotopic (exact) mass is 1810 g/mol. The molecule has 11 aliphatic rings. The number of benzene rings is 8. The number of aryl methyl sites for hydroxylation is 4. The quantitative estimate of drug-likeness (QED) is 0.0828. The van der Waals surface area contributed by atoms with E-state index < -0.39 is 21.8 Å². The van der Waals surface area contributed by atoms with Crippen LogP contribution in [0.4, 0.5) is 46.3 Å². The van der Waals surface area contributed by atoms with Crippen LogP contribution in [0.25, 0.3) is 44.5 Å². The van der Waals surface area contributed by atoms with Crippen molar-refractivity contribution in [2.75, 3.05) is 102 Å². The average molecular weight is 1810 g/mol. The van der Waals surface area contributed by atoms with Gasteiger partial charge in [0.2, 0.25) is 23.7 Å². The summed E-state index contributed by atoms with van der Waals surface area (Å²) in [6.07, 6.45) is 27.0. The Balaban J connectivity index is 0.000000107. The van der Waals surface area contributed by atoms with Gasteiger partial charge in [-0.2, -0.15) is 32.2 Å². The van der Waals surface area contributed by atoms with Crippen LogP contribution in [-0.2, 0) is 95.3 Å². The lowest BCUT2D eigenvalue weighted by Gasteiger charge is -2.53. The Labute approximate surface area is 775 Å². The minimum Gasteiger partial charge on any atom is -0.338 e. The summed E-state index contributed by atoms with van der Waals surface area (Å²) in [4.78, 5) is 82.8. The largest absolute Gasteiger partial charge is 0.338 e. The van der Waals surface area contributed by atoms with Gasteiger partial charge in [0.1, 0.15) is 45.1 Å². The number of likely N-dealkylation sites (N-methyl/N-ethyl adjacent to an activating group) is 1. The second-order valence-corrected chi connectivity index (χ2v) is 39.3. The summed E-state index contributed by atoms with van der Waals surface area (Å²) in [7, 11) is 9.53. The molecule has 5 unspecified atom stereocenters. The average Bonchev–Trinajstić information content (AvgIpc) is 1.55. The number of nitrogens with zero attached hydrogens (tertiary/aromatic N) is 19. The van der Waals surface area contributed by atoms with Crippen LogP contribution in [0.5, 0.6) is 0 Å². The minimum absolute atomic E-state index is 0.00776. The molecular weight excluding hydrogens is 1700 g/mol. The van der Waals surface area contributed by atoms with Gasteiger partial charge in [-0.25, -0.2) is 27.5 Å². The third-order valence-corrected chi connectivity index (χ3v) is 31.0. The number of hydrogen-bond donors (Lipinski definition) is 0.